The van der Waals surface area contributed by atoms with Crippen LogP contribution in [0.4, 0.5) is 0 Å². The lowest BCUT2D eigenvalue weighted by molar-refractivity contribution is 0.643. The fourth-order valence-electron chi connectivity index (χ4n) is 1.75. The van der Waals surface area contributed by atoms with E-state index in [1.165, 1.54) is 12.8 Å². The van der Waals surface area contributed by atoms with Gasteiger partial charge in [-0.25, -0.2) is 0 Å². The first kappa shape index (κ1) is 9.87. The molecule has 0 aliphatic carbocycles. The lowest BCUT2D eigenvalue weighted by Crippen LogP contribution is -2.27. The number of hydrogen-bond acceptors (Lipinski definition) is 2. The van der Waals surface area contributed by atoms with E-state index < -0.39 is 10.8 Å². The zero-order chi connectivity index (χ0) is 9.80. The monoisotopic (exact) mass is 209 g/mol. The normalized spacial score (nSPS) is 23.6. The lowest BCUT2D eigenvalue weighted by atomic mass is 10.3. The molecule has 1 fully saturated rings. The highest BCUT2D eigenvalue weighted by Gasteiger charge is 2.17. The van der Waals surface area contributed by atoms with Crippen molar-refractivity contribution in [2.75, 3.05) is 12.3 Å². The van der Waals surface area contributed by atoms with E-state index in [1.54, 1.807) is 0 Å². The molecule has 1 saturated heterocycles. The van der Waals surface area contributed by atoms with Crippen LogP contribution >= 0.6 is 0 Å². The Kier molecular flexibility index (Phi) is 3.32. The van der Waals surface area contributed by atoms with Crippen LogP contribution in [-0.4, -0.2) is 22.5 Å². The van der Waals surface area contributed by atoms with Gasteiger partial charge in [0.1, 0.15) is 0 Å². The van der Waals surface area contributed by atoms with Gasteiger partial charge in [-0.3, -0.25) is 4.21 Å². The number of nitrogens with one attached hydrogen (secondary N) is 1. The third-order valence-electron chi connectivity index (χ3n) is 2.52. The second-order valence-electron chi connectivity index (χ2n) is 3.62. The Hall–Kier alpha value is -0.670. The van der Waals surface area contributed by atoms with Gasteiger partial charge in [0.15, 0.2) is 0 Å². The van der Waals surface area contributed by atoms with Gasteiger partial charge in [0.05, 0.1) is 10.8 Å². The van der Waals surface area contributed by atoms with Crippen molar-refractivity contribution in [3.63, 3.8) is 0 Å². The summed E-state index contributed by atoms with van der Waals surface area (Å²) in [6.45, 7) is 1.08. The fraction of sp³-hybridized carbons (Fsp3) is 0.455. The molecule has 1 aliphatic heterocycles. The second kappa shape index (κ2) is 4.71. The van der Waals surface area contributed by atoms with Crippen molar-refractivity contribution >= 4 is 10.8 Å². The van der Waals surface area contributed by atoms with Gasteiger partial charge in [-0.1, -0.05) is 18.2 Å². The highest BCUT2D eigenvalue weighted by Crippen LogP contribution is 2.11. The predicted octanol–water partition coefficient (Wildman–Crippen LogP) is 1.55. The van der Waals surface area contributed by atoms with Crippen LogP contribution in [0.3, 0.4) is 0 Å². The molecular weight excluding hydrogens is 194 g/mol. The molecule has 76 valence electrons. The van der Waals surface area contributed by atoms with E-state index in [0.717, 1.165) is 17.2 Å². The van der Waals surface area contributed by atoms with E-state index in [1.807, 2.05) is 30.3 Å². The van der Waals surface area contributed by atoms with E-state index in [-0.39, 0.29) is 0 Å². The Morgan fingerprint density at radius 3 is 2.79 bits per heavy atom. The number of hydrogen-bond donors (Lipinski definition) is 1. The molecular formula is C11H15NOS. The van der Waals surface area contributed by atoms with Crippen LogP contribution in [0.15, 0.2) is 35.2 Å². The summed E-state index contributed by atoms with van der Waals surface area (Å²) >= 11 is 0. The highest BCUT2D eigenvalue weighted by molar-refractivity contribution is 7.85. The third-order valence-corrected chi connectivity index (χ3v) is 4.02. The van der Waals surface area contributed by atoms with E-state index >= 15 is 0 Å². The molecule has 1 aromatic rings. The third kappa shape index (κ3) is 2.42. The van der Waals surface area contributed by atoms with E-state index in [0.29, 0.717) is 6.04 Å². The van der Waals surface area contributed by atoms with Gasteiger partial charge in [0.2, 0.25) is 0 Å². The summed E-state index contributed by atoms with van der Waals surface area (Å²) in [6.07, 6.45) is 2.38. The summed E-state index contributed by atoms with van der Waals surface area (Å²) in [5.74, 6) is 0.754. The first-order valence-corrected chi connectivity index (χ1v) is 6.35. The first-order valence-electron chi connectivity index (χ1n) is 5.03. The quantitative estimate of drug-likeness (QED) is 0.818. The van der Waals surface area contributed by atoms with E-state index in [9.17, 15) is 4.21 Å². The molecule has 0 unspecified atom stereocenters. The largest absolute Gasteiger partial charge is 0.313 e. The maximum Gasteiger partial charge on any atom is 0.0545 e. The van der Waals surface area contributed by atoms with Crippen LogP contribution in [0, 0.1) is 0 Å². The van der Waals surface area contributed by atoms with Gasteiger partial charge in [-0.2, -0.15) is 0 Å². The molecule has 0 aromatic heterocycles. The van der Waals surface area contributed by atoms with E-state index in [4.69, 9.17) is 0 Å². The summed E-state index contributed by atoms with van der Waals surface area (Å²) in [5, 5.41) is 3.36. The lowest BCUT2D eigenvalue weighted by Gasteiger charge is -2.09. The minimum Gasteiger partial charge on any atom is -0.313 e. The van der Waals surface area contributed by atoms with Crippen molar-refractivity contribution in [2.45, 2.75) is 23.8 Å². The molecule has 2 atom stereocenters. The zero-order valence-electron chi connectivity index (χ0n) is 8.11. The first-order chi connectivity index (χ1) is 6.86. The van der Waals surface area contributed by atoms with Crippen molar-refractivity contribution < 1.29 is 4.21 Å². The van der Waals surface area contributed by atoms with Gasteiger partial charge >= 0.3 is 0 Å². The van der Waals surface area contributed by atoms with Gasteiger partial charge in [0.25, 0.3) is 0 Å². The smallest absolute Gasteiger partial charge is 0.0545 e. The average molecular weight is 209 g/mol. The van der Waals surface area contributed by atoms with E-state index in [2.05, 4.69) is 5.32 Å². The molecule has 3 heteroatoms. The van der Waals surface area contributed by atoms with Crippen LogP contribution < -0.4 is 5.32 Å². The van der Waals surface area contributed by atoms with Crippen LogP contribution in [0.1, 0.15) is 12.8 Å². The van der Waals surface area contributed by atoms with Crippen LogP contribution in [0.25, 0.3) is 0 Å². The molecule has 0 bridgehead atoms. The SMILES string of the molecule is O=[S@@](C[C@@H]1CCCN1)c1ccccc1. The van der Waals surface area contributed by atoms with Gasteiger partial charge in [-0.05, 0) is 31.5 Å². The van der Waals surface area contributed by atoms with Crippen molar-refractivity contribution in [1.29, 1.82) is 0 Å². The van der Waals surface area contributed by atoms with Gasteiger partial charge in [-0.15, -0.1) is 0 Å². The number of benzene rings is 1. The standard InChI is InChI=1S/C11H15NOS/c13-14(9-10-5-4-8-12-10)11-6-2-1-3-7-11/h1-3,6-7,10,12H,4-5,8-9H2/t10-,14-/m0/s1. The maximum absolute atomic E-state index is 11.9. The molecule has 0 saturated carbocycles. The Morgan fingerprint density at radius 2 is 2.14 bits per heavy atom. The summed E-state index contributed by atoms with van der Waals surface area (Å²) in [7, 11) is -0.836. The Labute approximate surface area is 87.2 Å². The molecule has 2 rings (SSSR count). The van der Waals surface area contributed by atoms with Crippen molar-refractivity contribution in [3.05, 3.63) is 30.3 Å². The van der Waals surface area contributed by atoms with Crippen molar-refractivity contribution in [1.82, 2.24) is 5.32 Å². The minimum atomic E-state index is -0.836. The molecule has 1 aromatic carbocycles. The Bertz CT molecular complexity index is 306. The molecule has 0 amide bonds. The summed E-state index contributed by atoms with van der Waals surface area (Å²) < 4.78 is 11.9. The minimum absolute atomic E-state index is 0.455. The molecule has 1 N–H and O–H groups in total. The van der Waals surface area contributed by atoms with Crippen LogP contribution in [0.5, 0.6) is 0 Å². The topological polar surface area (TPSA) is 29.1 Å². The highest BCUT2D eigenvalue weighted by atomic mass is 32.2. The van der Waals surface area contributed by atoms with Gasteiger partial charge < -0.3 is 5.32 Å². The van der Waals surface area contributed by atoms with Crippen LogP contribution in [0.2, 0.25) is 0 Å². The molecule has 14 heavy (non-hydrogen) atoms. The number of rotatable bonds is 3. The molecule has 2 nitrogen and oxygen atoms in total. The molecule has 1 aliphatic rings. The summed E-state index contributed by atoms with van der Waals surface area (Å²) in [5.41, 5.74) is 0. The Balaban J connectivity index is 1.95. The predicted molar refractivity (Wildman–Crippen MR) is 58.7 cm³/mol. The average Bonchev–Trinajstić information content (AvgIpc) is 2.72. The second-order valence-corrected chi connectivity index (χ2v) is 5.11. The fourth-order valence-corrected chi connectivity index (χ4v) is 3.05. The zero-order valence-corrected chi connectivity index (χ0v) is 8.93. The molecule has 0 radical (unpaired) electrons. The van der Waals surface area contributed by atoms with Gasteiger partial charge in [0, 0.05) is 16.7 Å². The molecule has 0 spiro atoms. The van der Waals surface area contributed by atoms with Crippen molar-refractivity contribution in [3.8, 4) is 0 Å². The maximum atomic E-state index is 11.9. The Morgan fingerprint density at radius 1 is 1.36 bits per heavy atom. The van der Waals surface area contributed by atoms with Crippen LogP contribution in [-0.2, 0) is 10.8 Å². The van der Waals surface area contributed by atoms with Crippen molar-refractivity contribution in [2.24, 2.45) is 0 Å². The summed E-state index contributed by atoms with van der Waals surface area (Å²) in [4.78, 5) is 0.946. The molecule has 1 heterocycles. The summed E-state index contributed by atoms with van der Waals surface area (Å²) in [6, 6.07) is 10.2.